The number of aliphatic hydroxyl groups is 2. The first-order valence-corrected chi connectivity index (χ1v) is 13.3. The molecule has 33 heavy (non-hydrogen) atoms. The number of aliphatic hydroxyl groups excluding tert-OH is 2. The van der Waals surface area contributed by atoms with Crippen molar-refractivity contribution in [3.63, 3.8) is 0 Å². The van der Waals surface area contributed by atoms with Crippen LogP contribution in [0.25, 0.3) is 0 Å². The zero-order chi connectivity index (χ0) is 24.8. The van der Waals surface area contributed by atoms with Gasteiger partial charge >= 0.3 is 10.4 Å². The van der Waals surface area contributed by atoms with Crippen LogP contribution in [0.1, 0.15) is 85.0 Å². The highest BCUT2D eigenvalue weighted by Crippen LogP contribution is 2.10. The molecule has 0 spiro atoms. The summed E-state index contributed by atoms with van der Waals surface area (Å²) in [5, 5.41) is 16.5. The molecule has 0 saturated carbocycles. The molecule has 206 valence electrons. The molecule has 0 unspecified atom stereocenters. The molecule has 0 atom stereocenters. The van der Waals surface area contributed by atoms with Crippen molar-refractivity contribution in [2.45, 2.75) is 85.0 Å². The van der Waals surface area contributed by atoms with Crippen molar-refractivity contribution < 1.29 is 41.6 Å². The van der Waals surface area contributed by atoms with Crippen LogP contribution in [0.4, 0.5) is 0 Å². The lowest BCUT2D eigenvalue weighted by Gasteiger charge is -2.02. The summed E-state index contributed by atoms with van der Waals surface area (Å²) in [6, 6.07) is 0. The maximum Gasteiger partial charge on any atom is 0.397 e. The molecule has 6 N–H and O–H groups in total. The van der Waals surface area contributed by atoms with Crippen LogP contribution in [0, 0.1) is 0 Å². The molecule has 0 radical (unpaired) electrons. The monoisotopic (exact) mass is 507 g/mol. The number of hydrogen-bond acceptors (Lipinski definition) is 9. The number of unbranched alkanes of at least 4 members (excludes halogenated alkanes) is 9. The SMILES string of the molecule is CCCCCCCCCCCCOS(=O)(=O)O.CCOCC.N.OCCOCCOCCO. The summed E-state index contributed by atoms with van der Waals surface area (Å²) in [7, 11) is -4.23. The van der Waals surface area contributed by atoms with E-state index in [-0.39, 0.29) is 26.0 Å². The van der Waals surface area contributed by atoms with E-state index in [0.29, 0.717) is 32.8 Å². The summed E-state index contributed by atoms with van der Waals surface area (Å²) in [5.74, 6) is 0. The van der Waals surface area contributed by atoms with E-state index < -0.39 is 10.4 Å². The number of hydrogen-bond donors (Lipinski definition) is 4. The van der Waals surface area contributed by atoms with Gasteiger partial charge in [-0.2, -0.15) is 8.42 Å². The molecule has 0 aromatic carbocycles. The van der Waals surface area contributed by atoms with Crippen LogP contribution in [0.5, 0.6) is 0 Å². The fourth-order valence-corrected chi connectivity index (χ4v) is 2.74. The average Bonchev–Trinajstić information content (AvgIpc) is 2.75. The minimum absolute atomic E-state index is 0. The predicted molar refractivity (Wildman–Crippen MR) is 132 cm³/mol. The fourth-order valence-electron chi connectivity index (χ4n) is 2.41. The molecule has 0 aromatic rings. The molecule has 0 aliphatic carbocycles. The second-order valence-electron chi connectivity index (χ2n) is 6.89. The van der Waals surface area contributed by atoms with E-state index in [0.717, 1.165) is 26.1 Å². The maximum atomic E-state index is 10.2. The summed E-state index contributed by atoms with van der Waals surface area (Å²) < 4.78 is 47.6. The van der Waals surface area contributed by atoms with Gasteiger partial charge in [-0.1, -0.05) is 64.7 Å². The molecule has 0 fully saturated rings. The van der Waals surface area contributed by atoms with Gasteiger partial charge in [0.1, 0.15) is 0 Å². The molecule has 0 aromatic heterocycles. The van der Waals surface area contributed by atoms with Gasteiger partial charge in [-0.25, -0.2) is 4.18 Å². The van der Waals surface area contributed by atoms with Crippen LogP contribution >= 0.6 is 0 Å². The van der Waals surface area contributed by atoms with Crippen LogP contribution < -0.4 is 6.15 Å². The molecule has 0 aliphatic rings. The lowest BCUT2D eigenvalue weighted by Crippen LogP contribution is -2.09. The van der Waals surface area contributed by atoms with E-state index in [1.54, 1.807) is 0 Å². The van der Waals surface area contributed by atoms with Gasteiger partial charge in [0.15, 0.2) is 0 Å². The first-order valence-electron chi connectivity index (χ1n) is 12.0. The van der Waals surface area contributed by atoms with Crippen molar-refractivity contribution >= 4 is 10.4 Å². The summed E-state index contributed by atoms with van der Waals surface area (Å²) in [5.41, 5.74) is 0. The molecule has 0 saturated heterocycles. The standard InChI is InChI=1S/C12H26O4S.C6H14O4.C4H10O.H3N/c1-2-3-4-5-6-7-8-9-10-11-12-16-17(13,14)15;7-1-3-9-5-6-10-4-2-8;1-3-5-4-2;/h2-12H2,1H3,(H,13,14,15);7-8H,1-6H2;3-4H2,1-2H3;1H3. The van der Waals surface area contributed by atoms with E-state index in [2.05, 4.69) is 11.1 Å². The van der Waals surface area contributed by atoms with Gasteiger partial charge in [0, 0.05) is 13.2 Å². The second-order valence-corrected chi connectivity index (χ2v) is 7.98. The fraction of sp³-hybridized carbons (Fsp3) is 1.00. The lowest BCUT2D eigenvalue weighted by molar-refractivity contribution is 0.0222. The van der Waals surface area contributed by atoms with E-state index in [1.807, 2.05) is 13.8 Å². The summed E-state index contributed by atoms with van der Waals surface area (Å²) in [6.45, 7) is 9.70. The van der Waals surface area contributed by atoms with Gasteiger partial charge in [0.25, 0.3) is 0 Å². The van der Waals surface area contributed by atoms with E-state index in [1.165, 1.54) is 44.9 Å². The third kappa shape index (κ3) is 54.2. The van der Waals surface area contributed by atoms with Crippen molar-refractivity contribution in [2.24, 2.45) is 0 Å². The van der Waals surface area contributed by atoms with Crippen molar-refractivity contribution in [1.29, 1.82) is 0 Å². The first kappa shape index (κ1) is 39.8. The van der Waals surface area contributed by atoms with Crippen molar-refractivity contribution in [3.05, 3.63) is 0 Å². The van der Waals surface area contributed by atoms with Crippen molar-refractivity contribution in [2.75, 3.05) is 59.5 Å². The van der Waals surface area contributed by atoms with Gasteiger partial charge in [0.2, 0.25) is 0 Å². The topological polar surface area (TPSA) is 167 Å². The molecule has 0 bridgehead atoms. The Balaban J connectivity index is -0.000000222. The smallest absolute Gasteiger partial charge is 0.394 e. The van der Waals surface area contributed by atoms with Crippen LogP contribution in [0.3, 0.4) is 0 Å². The summed E-state index contributed by atoms with van der Waals surface area (Å²) in [4.78, 5) is 0. The Morgan fingerprint density at radius 2 is 0.970 bits per heavy atom. The zero-order valence-corrected chi connectivity index (χ0v) is 22.2. The molecule has 10 nitrogen and oxygen atoms in total. The second kappa shape index (κ2) is 36.2. The molecule has 11 heteroatoms. The first-order chi connectivity index (χ1) is 15.4. The lowest BCUT2D eigenvalue weighted by atomic mass is 10.1. The molecule has 0 rings (SSSR count). The van der Waals surface area contributed by atoms with Gasteiger partial charge in [-0.3, -0.25) is 4.55 Å². The van der Waals surface area contributed by atoms with Crippen molar-refractivity contribution in [1.82, 2.24) is 6.15 Å². The van der Waals surface area contributed by atoms with Gasteiger partial charge in [0.05, 0.1) is 46.2 Å². The third-order valence-corrected chi connectivity index (χ3v) is 4.45. The number of ether oxygens (including phenoxy) is 3. The highest BCUT2D eigenvalue weighted by atomic mass is 32.3. The van der Waals surface area contributed by atoms with Gasteiger partial charge in [-0.05, 0) is 20.3 Å². The average molecular weight is 508 g/mol. The molecular formula is C22H53NO9S. The highest BCUT2D eigenvalue weighted by molar-refractivity contribution is 7.80. The summed E-state index contributed by atoms with van der Waals surface area (Å²) >= 11 is 0. The predicted octanol–water partition coefficient (Wildman–Crippen LogP) is 3.94. The Morgan fingerprint density at radius 1 is 0.576 bits per heavy atom. The van der Waals surface area contributed by atoms with Crippen LogP contribution in [-0.2, 0) is 28.8 Å². The van der Waals surface area contributed by atoms with Gasteiger partial charge < -0.3 is 30.6 Å². The Kier molecular flexibility index (Phi) is 43.7. The highest BCUT2D eigenvalue weighted by Gasteiger charge is 2.02. The normalized spacial score (nSPS) is 10.5. The Labute approximate surface area is 202 Å². The molecular weight excluding hydrogens is 454 g/mol. The molecule has 0 amide bonds. The van der Waals surface area contributed by atoms with Crippen LogP contribution in [-0.4, -0.2) is 82.6 Å². The van der Waals surface area contributed by atoms with E-state index >= 15 is 0 Å². The largest absolute Gasteiger partial charge is 0.397 e. The van der Waals surface area contributed by atoms with Gasteiger partial charge in [-0.15, -0.1) is 0 Å². The molecule has 0 aliphatic heterocycles. The third-order valence-electron chi connectivity index (χ3n) is 3.98. The van der Waals surface area contributed by atoms with Crippen molar-refractivity contribution in [3.8, 4) is 0 Å². The molecule has 0 heterocycles. The Hall–Kier alpha value is -0.370. The number of rotatable bonds is 21. The van der Waals surface area contributed by atoms with Crippen LogP contribution in [0.2, 0.25) is 0 Å². The minimum Gasteiger partial charge on any atom is -0.394 e. The maximum absolute atomic E-state index is 10.2. The zero-order valence-electron chi connectivity index (χ0n) is 21.3. The van der Waals surface area contributed by atoms with E-state index in [9.17, 15) is 8.42 Å². The Morgan fingerprint density at radius 3 is 1.27 bits per heavy atom. The quantitative estimate of drug-likeness (QED) is 0.132. The van der Waals surface area contributed by atoms with Crippen LogP contribution in [0.15, 0.2) is 0 Å². The minimum atomic E-state index is -4.23. The van der Waals surface area contributed by atoms with E-state index in [4.69, 9.17) is 29.0 Å². The Bertz CT molecular complexity index is 403. The summed E-state index contributed by atoms with van der Waals surface area (Å²) in [6.07, 6.45) is 11.9.